The van der Waals surface area contributed by atoms with E-state index in [-0.39, 0.29) is 24.4 Å². The van der Waals surface area contributed by atoms with Gasteiger partial charge in [0.15, 0.2) is 11.4 Å². The number of pyridine rings is 1. The van der Waals surface area contributed by atoms with Gasteiger partial charge in [-0.1, -0.05) is 18.2 Å². The maximum Gasteiger partial charge on any atom is 0.278 e. The molecule has 2 heterocycles. The third kappa shape index (κ3) is 2.90. The molecule has 0 saturated carbocycles. The Balaban J connectivity index is 2.79. The van der Waals surface area contributed by atoms with E-state index in [9.17, 15) is 19.5 Å². The Morgan fingerprint density at radius 3 is 2.48 bits per heavy atom. The van der Waals surface area contributed by atoms with Crippen molar-refractivity contribution < 1.29 is 14.7 Å². The number of aromatic nitrogens is 1. The highest BCUT2D eigenvalue weighted by Gasteiger charge is 2.37. The molecule has 25 heavy (non-hydrogen) atoms. The van der Waals surface area contributed by atoms with Crippen LogP contribution in [0.4, 0.5) is 0 Å². The van der Waals surface area contributed by atoms with Crippen LogP contribution >= 0.6 is 0 Å². The molecule has 0 saturated heterocycles. The maximum absolute atomic E-state index is 12.8. The molecule has 0 aliphatic carbocycles. The quantitative estimate of drug-likeness (QED) is 0.757. The van der Waals surface area contributed by atoms with Crippen molar-refractivity contribution in [1.82, 2.24) is 9.58 Å². The van der Waals surface area contributed by atoms with Crippen LogP contribution in [-0.4, -0.2) is 45.2 Å². The summed E-state index contributed by atoms with van der Waals surface area (Å²) in [4.78, 5) is 38.0. The second-order valence-corrected chi connectivity index (χ2v) is 6.13. The molecule has 1 aromatic rings. The lowest BCUT2D eigenvalue weighted by Gasteiger charge is -2.44. The second kappa shape index (κ2) is 6.46. The number of nitrogens with two attached hydrogens (primary N) is 1. The molecular weight excluding hydrogens is 324 g/mol. The van der Waals surface area contributed by atoms with Gasteiger partial charge in [-0.25, -0.2) is 0 Å². The normalized spacial score (nSPS) is 16.2. The molecule has 134 valence electrons. The van der Waals surface area contributed by atoms with Crippen molar-refractivity contribution in [1.29, 1.82) is 0 Å². The van der Waals surface area contributed by atoms with Crippen LogP contribution in [0.25, 0.3) is 0 Å². The minimum atomic E-state index is -0.979. The first-order valence-corrected chi connectivity index (χ1v) is 7.76. The van der Waals surface area contributed by atoms with E-state index in [0.29, 0.717) is 0 Å². The Morgan fingerprint density at radius 1 is 1.40 bits per heavy atom. The molecule has 2 atom stereocenters. The van der Waals surface area contributed by atoms with E-state index >= 15 is 0 Å². The van der Waals surface area contributed by atoms with Crippen molar-refractivity contribution >= 4 is 11.8 Å². The number of hydrogen-bond acceptors (Lipinski definition) is 5. The molecular formula is C17H22N4O4. The van der Waals surface area contributed by atoms with Crippen LogP contribution in [0.3, 0.4) is 0 Å². The van der Waals surface area contributed by atoms with Gasteiger partial charge in [0, 0.05) is 12.2 Å². The highest BCUT2D eigenvalue weighted by Crippen LogP contribution is 2.25. The van der Waals surface area contributed by atoms with Gasteiger partial charge in [-0.15, -0.1) is 6.58 Å². The van der Waals surface area contributed by atoms with E-state index in [1.807, 2.05) is 13.8 Å². The van der Waals surface area contributed by atoms with E-state index in [2.05, 4.69) is 13.2 Å². The summed E-state index contributed by atoms with van der Waals surface area (Å²) in [6.45, 7) is 13.2. The first kappa shape index (κ1) is 18.3. The number of carbonyl (C=O) groups excluding carboxylic acids is 2. The van der Waals surface area contributed by atoms with Crippen LogP contribution in [0, 0.1) is 0 Å². The molecule has 2 rings (SSSR count). The topological polar surface area (TPSA) is 109 Å². The lowest BCUT2D eigenvalue weighted by Crippen LogP contribution is -2.59. The van der Waals surface area contributed by atoms with Crippen LogP contribution in [0.1, 0.15) is 41.6 Å². The van der Waals surface area contributed by atoms with E-state index < -0.39 is 28.6 Å². The molecule has 8 heteroatoms. The van der Waals surface area contributed by atoms with Crippen molar-refractivity contribution in [2.45, 2.75) is 32.9 Å². The zero-order valence-corrected chi connectivity index (χ0v) is 14.5. The van der Waals surface area contributed by atoms with Gasteiger partial charge in [0.2, 0.25) is 5.43 Å². The van der Waals surface area contributed by atoms with Crippen molar-refractivity contribution in [2.75, 3.05) is 11.7 Å². The summed E-state index contributed by atoms with van der Waals surface area (Å²) in [7, 11) is 0. The third-order valence-electron chi connectivity index (χ3n) is 4.46. The van der Waals surface area contributed by atoms with Crippen molar-refractivity contribution in [3.63, 3.8) is 0 Å². The Bertz CT molecular complexity index is 827. The molecule has 3 N–H and O–H groups in total. The number of aromatic hydroxyl groups is 1. The Kier molecular flexibility index (Phi) is 4.73. The molecule has 0 bridgehead atoms. The SMILES string of the molecule is C=C[C@H](C)N1CN(C(C)C(=C)C)n2cc(C(N)=O)c(=O)c(O)c2C1=O. The van der Waals surface area contributed by atoms with Crippen LogP contribution in [0.5, 0.6) is 5.75 Å². The standard InChI is InChI=1S/C17H22N4O4/c1-6-10(4)19-8-21(11(5)9(2)3)20-7-12(16(18)24)14(22)15(23)13(20)17(19)25/h6-7,10-11,23H,1-2,8H2,3-5H3,(H2,18,24)/t10-,11?/m0/s1. The summed E-state index contributed by atoms with van der Waals surface area (Å²) in [6.07, 6.45) is 2.77. The molecule has 8 nitrogen and oxygen atoms in total. The number of rotatable bonds is 5. The molecule has 1 unspecified atom stereocenters. The van der Waals surface area contributed by atoms with Crippen LogP contribution in [0.15, 0.2) is 35.8 Å². The Labute approximate surface area is 145 Å². The first-order valence-electron chi connectivity index (χ1n) is 7.76. The lowest BCUT2D eigenvalue weighted by molar-refractivity contribution is 0.0643. The first-order chi connectivity index (χ1) is 11.6. The zero-order chi connectivity index (χ0) is 19.0. The highest BCUT2D eigenvalue weighted by atomic mass is 16.3. The number of carbonyl (C=O) groups is 2. The predicted octanol–water partition coefficient (Wildman–Crippen LogP) is 0.543. The molecule has 1 aliphatic rings. The number of primary amides is 1. The summed E-state index contributed by atoms with van der Waals surface area (Å²) in [5.41, 5.74) is 4.44. The summed E-state index contributed by atoms with van der Waals surface area (Å²) >= 11 is 0. The van der Waals surface area contributed by atoms with E-state index in [4.69, 9.17) is 5.73 Å². The maximum atomic E-state index is 12.8. The second-order valence-electron chi connectivity index (χ2n) is 6.13. The molecule has 0 aromatic carbocycles. The van der Waals surface area contributed by atoms with Crippen molar-refractivity contribution in [3.05, 3.63) is 52.5 Å². The third-order valence-corrected chi connectivity index (χ3v) is 4.46. The van der Waals surface area contributed by atoms with Gasteiger partial charge >= 0.3 is 0 Å². The van der Waals surface area contributed by atoms with Crippen LogP contribution in [-0.2, 0) is 0 Å². The average molecular weight is 346 g/mol. The van der Waals surface area contributed by atoms with E-state index in [1.54, 1.807) is 18.0 Å². The highest BCUT2D eigenvalue weighted by molar-refractivity contribution is 5.99. The van der Waals surface area contributed by atoms with Gasteiger partial charge in [-0.2, -0.15) is 0 Å². The number of fused-ring (bicyclic) bond motifs is 1. The molecule has 0 spiro atoms. The summed E-state index contributed by atoms with van der Waals surface area (Å²) in [6, 6.07) is -0.569. The Morgan fingerprint density at radius 2 is 2.00 bits per heavy atom. The summed E-state index contributed by atoms with van der Waals surface area (Å²) in [5, 5.41) is 12.0. The van der Waals surface area contributed by atoms with Gasteiger partial charge in [-0.05, 0) is 20.8 Å². The van der Waals surface area contributed by atoms with Crippen LogP contribution in [0.2, 0.25) is 0 Å². The van der Waals surface area contributed by atoms with Crippen molar-refractivity contribution in [3.8, 4) is 5.75 Å². The fourth-order valence-corrected chi connectivity index (χ4v) is 2.60. The Hall–Kier alpha value is -3.03. The van der Waals surface area contributed by atoms with Gasteiger partial charge in [0.1, 0.15) is 12.2 Å². The zero-order valence-electron chi connectivity index (χ0n) is 14.5. The van der Waals surface area contributed by atoms with Gasteiger partial charge < -0.3 is 15.7 Å². The van der Waals surface area contributed by atoms with Gasteiger partial charge in [0.25, 0.3) is 11.8 Å². The fraction of sp³-hybridized carbons (Fsp3) is 0.353. The minimum Gasteiger partial charge on any atom is -0.502 e. The van der Waals surface area contributed by atoms with Crippen molar-refractivity contribution in [2.24, 2.45) is 5.73 Å². The average Bonchev–Trinajstić information content (AvgIpc) is 2.56. The largest absolute Gasteiger partial charge is 0.502 e. The summed E-state index contributed by atoms with van der Waals surface area (Å²) < 4.78 is 1.31. The van der Waals surface area contributed by atoms with Gasteiger partial charge in [-0.3, -0.25) is 24.1 Å². The molecule has 2 amide bonds. The molecule has 0 radical (unpaired) electrons. The summed E-state index contributed by atoms with van der Waals surface area (Å²) in [5.74, 6) is -2.32. The van der Waals surface area contributed by atoms with Gasteiger partial charge in [0.05, 0.1) is 6.04 Å². The molecule has 1 aromatic heterocycles. The number of nitrogens with zero attached hydrogens (tertiary/aromatic N) is 3. The van der Waals surface area contributed by atoms with E-state index in [1.165, 1.54) is 15.8 Å². The smallest absolute Gasteiger partial charge is 0.278 e. The van der Waals surface area contributed by atoms with E-state index in [0.717, 1.165) is 5.57 Å². The number of amides is 2. The lowest BCUT2D eigenvalue weighted by atomic mass is 10.1. The predicted molar refractivity (Wildman–Crippen MR) is 94.1 cm³/mol. The minimum absolute atomic E-state index is 0.160. The molecule has 1 aliphatic heterocycles. The molecule has 0 fully saturated rings. The fourth-order valence-electron chi connectivity index (χ4n) is 2.60. The number of hydrogen-bond donors (Lipinski definition) is 2. The van der Waals surface area contributed by atoms with Crippen LogP contribution < -0.4 is 16.2 Å². The monoisotopic (exact) mass is 346 g/mol.